The second kappa shape index (κ2) is 5.42. The van der Waals surface area contributed by atoms with Crippen LogP contribution < -0.4 is 10.1 Å². The fourth-order valence-electron chi connectivity index (χ4n) is 1.79. The Balaban J connectivity index is 1.82. The molecule has 1 aliphatic heterocycles. The Hall–Kier alpha value is -1.67. The van der Waals surface area contributed by atoms with E-state index in [0.29, 0.717) is 24.0 Å². The largest absolute Gasteiger partial charge is 0.476 e. The second-order valence-corrected chi connectivity index (χ2v) is 3.86. The Morgan fingerprint density at radius 3 is 3.31 bits per heavy atom. The van der Waals surface area contributed by atoms with Crippen molar-refractivity contribution < 1.29 is 4.74 Å². The van der Waals surface area contributed by atoms with Gasteiger partial charge in [0, 0.05) is 0 Å². The molecule has 5 heteroatoms. The summed E-state index contributed by atoms with van der Waals surface area (Å²) in [4.78, 5) is 0. The van der Waals surface area contributed by atoms with Gasteiger partial charge in [-0.15, -0.1) is 5.10 Å². The van der Waals surface area contributed by atoms with Crippen LogP contribution in [0.15, 0.2) is 12.3 Å². The predicted octanol–water partition coefficient (Wildman–Crippen LogP) is 0.727. The molecule has 1 unspecified atom stereocenters. The van der Waals surface area contributed by atoms with Crippen molar-refractivity contribution in [2.45, 2.75) is 12.8 Å². The number of hydrogen-bond donors (Lipinski definition) is 1. The van der Waals surface area contributed by atoms with Gasteiger partial charge in [-0.3, -0.25) is 0 Å². The summed E-state index contributed by atoms with van der Waals surface area (Å²) in [6, 6.07) is 3.64. The van der Waals surface area contributed by atoms with Gasteiger partial charge in [0.25, 0.3) is 5.88 Å². The summed E-state index contributed by atoms with van der Waals surface area (Å²) in [5, 5.41) is 19.6. The van der Waals surface area contributed by atoms with Gasteiger partial charge in [0.2, 0.25) is 0 Å². The normalized spacial score (nSPS) is 19.3. The maximum Gasteiger partial charge on any atom is 0.251 e. The molecular formula is C11H14N4O. The fraction of sp³-hybridized carbons (Fsp3) is 0.545. The van der Waals surface area contributed by atoms with Crippen LogP contribution in [0.5, 0.6) is 5.88 Å². The SMILES string of the molecule is N#Cc1ccnnc1OCCC1CCNC1. The molecule has 1 N–H and O–H groups in total. The number of nitrogens with zero attached hydrogens (tertiary/aromatic N) is 3. The van der Waals surface area contributed by atoms with Crippen LogP contribution >= 0.6 is 0 Å². The summed E-state index contributed by atoms with van der Waals surface area (Å²) in [7, 11) is 0. The van der Waals surface area contributed by atoms with Gasteiger partial charge in [-0.25, -0.2) is 0 Å². The smallest absolute Gasteiger partial charge is 0.251 e. The molecule has 0 saturated carbocycles. The van der Waals surface area contributed by atoms with Gasteiger partial charge in [-0.2, -0.15) is 10.4 Å². The van der Waals surface area contributed by atoms with Crippen molar-refractivity contribution in [2.75, 3.05) is 19.7 Å². The van der Waals surface area contributed by atoms with E-state index in [-0.39, 0.29) is 0 Å². The highest BCUT2D eigenvalue weighted by Gasteiger charge is 2.14. The van der Waals surface area contributed by atoms with Crippen LogP contribution in [0.25, 0.3) is 0 Å². The molecule has 1 saturated heterocycles. The van der Waals surface area contributed by atoms with Crippen LogP contribution in [0.3, 0.4) is 0 Å². The third-order valence-electron chi connectivity index (χ3n) is 2.73. The number of rotatable bonds is 4. The molecule has 1 aromatic heterocycles. The summed E-state index contributed by atoms with van der Waals surface area (Å²) in [5.41, 5.74) is 0.444. The number of nitriles is 1. The second-order valence-electron chi connectivity index (χ2n) is 3.86. The van der Waals surface area contributed by atoms with Crippen LogP contribution in [0.1, 0.15) is 18.4 Å². The first-order valence-electron chi connectivity index (χ1n) is 5.45. The zero-order chi connectivity index (χ0) is 11.2. The number of aromatic nitrogens is 2. The molecule has 2 rings (SSSR count). The molecule has 1 atom stereocenters. The molecule has 2 heterocycles. The molecule has 1 aliphatic rings. The number of ether oxygens (including phenoxy) is 1. The molecule has 0 spiro atoms. The maximum atomic E-state index is 8.82. The molecule has 0 aliphatic carbocycles. The molecule has 0 bridgehead atoms. The van der Waals surface area contributed by atoms with Crippen LogP contribution in [0.2, 0.25) is 0 Å². The Bertz CT molecular complexity index is 382. The Labute approximate surface area is 94.4 Å². The average Bonchev–Trinajstić information content (AvgIpc) is 2.83. The van der Waals surface area contributed by atoms with Crippen molar-refractivity contribution in [3.63, 3.8) is 0 Å². The Morgan fingerprint density at radius 1 is 1.62 bits per heavy atom. The van der Waals surface area contributed by atoms with Crippen LogP contribution in [0.4, 0.5) is 0 Å². The standard InChI is InChI=1S/C11H14N4O/c12-7-10-2-5-14-15-11(10)16-6-3-9-1-4-13-8-9/h2,5,9,13H,1,3-4,6,8H2. The van der Waals surface area contributed by atoms with Gasteiger partial charge in [-0.1, -0.05) is 0 Å². The van der Waals surface area contributed by atoms with Gasteiger partial charge >= 0.3 is 0 Å². The molecular weight excluding hydrogens is 204 g/mol. The lowest BCUT2D eigenvalue weighted by Crippen LogP contribution is -2.12. The van der Waals surface area contributed by atoms with E-state index in [9.17, 15) is 0 Å². The van der Waals surface area contributed by atoms with Gasteiger partial charge in [0.15, 0.2) is 0 Å². The van der Waals surface area contributed by atoms with Crippen molar-refractivity contribution in [3.8, 4) is 11.9 Å². The average molecular weight is 218 g/mol. The summed E-state index contributed by atoms with van der Waals surface area (Å²) in [6.07, 6.45) is 3.69. The van der Waals surface area contributed by atoms with Crippen LogP contribution in [-0.2, 0) is 0 Å². The molecule has 0 radical (unpaired) electrons. The van der Waals surface area contributed by atoms with Gasteiger partial charge < -0.3 is 10.1 Å². The number of nitrogens with one attached hydrogen (secondary N) is 1. The highest BCUT2D eigenvalue weighted by Crippen LogP contribution is 2.15. The first-order chi connectivity index (χ1) is 7.90. The van der Waals surface area contributed by atoms with E-state index in [1.807, 2.05) is 6.07 Å². The summed E-state index contributed by atoms with van der Waals surface area (Å²) < 4.78 is 5.47. The lowest BCUT2D eigenvalue weighted by atomic mass is 10.1. The highest BCUT2D eigenvalue weighted by molar-refractivity contribution is 5.35. The quantitative estimate of drug-likeness (QED) is 0.806. The van der Waals surface area contributed by atoms with E-state index >= 15 is 0 Å². The summed E-state index contributed by atoms with van der Waals surface area (Å²) in [6.45, 7) is 2.76. The summed E-state index contributed by atoms with van der Waals surface area (Å²) >= 11 is 0. The number of hydrogen-bond acceptors (Lipinski definition) is 5. The Kier molecular flexibility index (Phi) is 3.67. The van der Waals surface area contributed by atoms with Crippen LogP contribution in [0, 0.1) is 17.2 Å². The van der Waals surface area contributed by atoms with E-state index in [1.165, 1.54) is 12.6 Å². The third-order valence-corrected chi connectivity index (χ3v) is 2.73. The monoisotopic (exact) mass is 218 g/mol. The summed E-state index contributed by atoms with van der Waals surface area (Å²) in [5.74, 6) is 1.03. The predicted molar refractivity (Wildman–Crippen MR) is 57.8 cm³/mol. The third kappa shape index (κ3) is 2.67. The lowest BCUT2D eigenvalue weighted by Gasteiger charge is -2.09. The minimum atomic E-state index is 0.343. The van der Waals surface area contributed by atoms with Crippen LogP contribution in [-0.4, -0.2) is 29.9 Å². The van der Waals surface area contributed by atoms with E-state index in [2.05, 4.69) is 15.5 Å². The molecule has 1 fully saturated rings. The molecule has 0 aromatic carbocycles. The molecule has 0 amide bonds. The van der Waals surface area contributed by atoms with E-state index < -0.39 is 0 Å². The molecule has 16 heavy (non-hydrogen) atoms. The van der Waals surface area contributed by atoms with E-state index in [0.717, 1.165) is 19.5 Å². The zero-order valence-corrected chi connectivity index (χ0v) is 9.02. The van der Waals surface area contributed by atoms with Crippen molar-refractivity contribution >= 4 is 0 Å². The minimum absolute atomic E-state index is 0.343. The topological polar surface area (TPSA) is 70.8 Å². The van der Waals surface area contributed by atoms with Crippen molar-refractivity contribution in [3.05, 3.63) is 17.8 Å². The van der Waals surface area contributed by atoms with E-state index in [1.54, 1.807) is 6.07 Å². The minimum Gasteiger partial charge on any atom is -0.476 e. The molecule has 84 valence electrons. The van der Waals surface area contributed by atoms with Gasteiger partial charge in [0.1, 0.15) is 11.6 Å². The van der Waals surface area contributed by atoms with Crippen molar-refractivity contribution in [1.82, 2.24) is 15.5 Å². The lowest BCUT2D eigenvalue weighted by molar-refractivity contribution is 0.270. The molecule has 1 aromatic rings. The van der Waals surface area contributed by atoms with Gasteiger partial charge in [0.05, 0.1) is 12.8 Å². The molecule has 5 nitrogen and oxygen atoms in total. The van der Waals surface area contributed by atoms with E-state index in [4.69, 9.17) is 10.00 Å². The zero-order valence-electron chi connectivity index (χ0n) is 9.02. The highest BCUT2D eigenvalue weighted by atomic mass is 16.5. The fourth-order valence-corrected chi connectivity index (χ4v) is 1.79. The first kappa shape index (κ1) is 10.8. The first-order valence-corrected chi connectivity index (χ1v) is 5.45. The Morgan fingerprint density at radius 2 is 2.56 bits per heavy atom. The van der Waals surface area contributed by atoms with Gasteiger partial charge in [-0.05, 0) is 37.9 Å². The maximum absolute atomic E-state index is 8.82. The van der Waals surface area contributed by atoms with Crippen molar-refractivity contribution in [2.24, 2.45) is 5.92 Å². The van der Waals surface area contributed by atoms with Crippen molar-refractivity contribution in [1.29, 1.82) is 5.26 Å².